The van der Waals surface area contributed by atoms with Gasteiger partial charge >= 0.3 is 0 Å². The Morgan fingerprint density at radius 3 is 2.89 bits per heavy atom. The maximum absolute atomic E-state index is 5.40. The van der Waals surface area contributed by atoms with Gasteiger partial charge in [-0.15, -0.1) is 11.8 Å². The molecule has 0 radical (unpaired) electrons. The lowest BCUT2D eigenvalue weighted by Gasteiger charge is -2.31. The monoisotopic (exact) mass is 267 g/mol. The lowest BCUT2D eigenvalue weighted by Crippen LogP contribution is -2.43. The molecule has 1 aromatic rings. The van der Waals surface area contributed by atoms with Gasteiger partial charge in [0.25, 0.3) is 0 Å². The minimum absolute atomic E-state index is 0.407. The van der Waals surface area contributed by atoms with Crippen LogP contribution < -0.4 is 5.32 Å². The highest BCUT2D eigenvalue weighted by atomic mass is 32.2. The molecule has 1 heterocycles. The van der Waals surface area contributed by atoms with Crippen molar-refractivity contribution in [1.29, 1.82) is 0 Å². The number of nitrogens with one attached hydrogen (secondary N) is 1. The Balaban J connectivity index is 2.05. The summed E-state index contributed by atoms with van der Waals surface area (Å²) in [6.07, 6.45) is 5.60. The van der Waals surface area contributed by atoms with Gasteiger partial charge in [0.2, 0.25) is 0 Å². The van der Waals surface area contributed by atoms with Crippen molar-refractivity contribution in [2.75, 3.05) is 6.54 Å². The Morgan fingerprint density at radius 1 is 1.50 bits per heavy atom. The Kier molecular flexibility index (Phi) is 4.44. The van der Waals surface area contributed by atoms with Gasteiger partial charge in [0.05, 0.1) is 6.26 Å². The summed E-state index contributed by atoms with van der Waals surface area (Å²) in [7, 11) is 0. The van der Waals surface area contributed by atoms with E-state index in [9.17, 15) is 0 Å². The highest BCUT2D eigenvalue weighted by Crippen LogP contribution is 2.45. The van der Waals surface area contributed by atoms with Crippen LogP contribution in [0.3, 0.4) is 0 Å². The summed E-state index contributed by atoms with van der Waals surface area (Å²) in [6.45, 7) is 10.2. The van der Waals surface area contributed by atoms with Crippen LogP contribution in [0.2, 0.25) is 0 Å². The molecule has 18 heavy (non-hydrogen) atoms. The van der Waals surface area contributed by atoms with Crippen LogP contribution in [-0.2, 0) is 0 Å². The highest BCUT2D eigenvalue weighted by molar-refractivity contribution is 8.00. The van der Waals surface area contributed by atoms with Gasteiger partial charge < -0.3 is 9.73 Å². The van der Waals surface area contributed by atoms with E-state index in [1.165, 1.54) is 24.2 Å². The SMILES string of the molecule is CCCNC1C(Sc2ccoc2C)CCC1(C)C. The minimum atomic E-state index is 0.407. The van der Waals surface area contributed by atoms with Crippen molar-refractivity contribution in [3.63, 3.8) is 0 Å². The zero-order chi connectivity index (χ0) is 13.2. The molecule has 2 unspecified atom stereocenters. The fourth-order valence-electron chi connectivity index (χ4n) is 2.83. The molecule has 2 rings (SSSR count). The topological polar surface area (TPSA) is 25.2 Å². The van der Waals surface area contributed by atoms with Crippen molar-refractivity contribution in [3.05, 3.63) is 18.1 Å². The van der Waals surface area contributed by atoms with Gasteiger partial charge in [0, 0.05) is 16.2 Å². The van der Waals surface area contributed by atoms with Crippen LogP contribution >= 0.6 is 11.8 Å². The van der Waals surface area contributed by atoms with E-state index in [4.69, 9.17) is 4.42 Å². The summed E-state index contributed by atoms with van der Waals surface area (Å²) in [4.78, 5) is 1.31. The van der Waals surface area contributed by atoms with Crippen LogP contribution in [0, 0.1) is 12.3 Å². The van der Waals surface area contributed by atoms with E-state index in [-0.39, 0.29) is 0 Å². The predicted octanol–water partition coefficient (Wildman–Crippen LogP) is 4.24. The largest absolute Gasteiger partial charge is 0.468 e. The van der Waals surface area contributed by atoms with Crippen molar-refractivity contribution in [2.24, 2.45) is 5.41 Å². The molecule has 0 saturated heterocycles. The van der Waals surface area contributed by atoms with Gasteiger partial charge in [-0.1, -0.05) is 20.8 Å². The second-order valence-electron chi connectivity index (χ2n) is 5.96. The van der Waals surface area contributed by atoms with Crippen LogP contribution in [0.4, 0.5) is 0 Å². The zero-order valence-electron chi connectivity index (χ0n) is 12.0. The second kappa shape index (κ2) is 5.70. The summed E-state index contributed by atoms with van der Waals surface area (Å²) in [5, 5.41) is 4.42. The molecule has 0 bridgehead atoms. The Bertz CT molecular complexity index is 386. The van der Waals surface area contributed by atoms with Crippen LogP contribution in [0.15, 0.2) is 21.6 Å². The number of hydrogen-bond donors (Lipinski definition) is 1. The van der Waals surface area contributed by atoms with Gasteiger partial charge in [-0.05, 0) is 44.2 Å². The van der Waals surface area contributed by atoms with Crippen LogP contribution in [-0.4, -0.2) is 17.8 Å². The first-order valence-electron chi connectivity index (χ1n) is 6.98. The van der Waals surface area contributed by atoms with E-state index in [0.717, 1.165) is 12.3 Å². The normalized spacial score (nSPS) is 26.7. The van der Waals surface area contributed by atoms with Crippen molar-refractivity contribution < 1.29 is 4.42 Å². The predicted molar refractivity (Wildman–Crippen MR) is 78.2 cm³/mol. The third kappa shape index (κ3) is 2.94. The van der Waals surface area contributed by atoms with Gasteiger partial charge in [0.1, 0.15) is 5.76 Å². The lowest BCUT2D eigenvalue weighted by molar-refractivity contribution is 0.287. The maximum Gasteiger partial charge on any atom is 0.114 e. The smallest absolute Gasteiger partial charge is 0.114 e. The molecule has 2 atom stereocenters. The molecule has 1 N–H and O–H groups in total. The van der Waals surface area contributed by atoms with E-state index in [1.54, 1.807) is 6.26 Å². The van der Waals surface area contributed by atoms with E-state index in [0.29, 0.717) is 16.7 Å². The quantitative estimate of drug-likeness (QED) is 0.864. The summed E-state index contributed by atoms with van der Waals surface area (Å²) < 4.78 is 5.40. The Morgan fingerprint density at radius 2 is 2.28 bits per heavy atom. The molecule has 0 aliphatic heterocycles. The maximum atomic E-state index is 5.40. The molecule has 1 aromatic heterocycles. The average molecular weight is 267 g/mol. The van der Waals surface area contributed by atoms with Gasteiger partial charge in [-0.2, -0.15) is 0 Å². The molecule has 102 valence electrons. The molecule has 2 nitrogen and oxygen atoms in total. The molecular formula is C15H25NOS. The van der Waals surface area contributed by atoms with E-state index < -0.39 is 0 Å². The number of rotatable bonds is 5. The van der Waals surface area contributed by atoms with Gasteiger partial charge in [-0.3, -0.25) is 0 Å². The standard InChI is InChI=1S/C15H25NOS/c1-5-9-16-14-13(6-8-15(14,3)4)18-12-7-10-17-11(12)2/h7,10,13-14,16H,5-6,8-9H2,1-4H3. The number of aryl methyl sites for hydroxylation is 1. The molecule has 1 saturated carbocycles. The summed E-state index contributed by atoms with van der Waals surface area (Å²) in [5.74, 6) is 1.05. The average Bonchev–Trinajstić information content (AvgIpc) is 2.83. The molecule has 1 aliphatic carbocycles. The summed E-state index contributed by atoms with van der Waals surface area (Å²) in [5.41, 5.74) is 0.407. The number of hydrogen-bond acceptors (Lipinski definition) is 3. The summed E-state index contributed by atoms with van der Waals surface area (Å²) in [6, 6.07) is 2.71. The van der Waals surface area contributed by atoms with Crippen molar-refractivity contribution in [1.82, 2.24) is 5.32 Å². The van der Waals surface area contributed by atoms with Gasteiger partial charge in [-0.25, -0.2) is 0 Å². The molecule has 1 aliphatic rings. The van der Waals surface area contributed by atoms with Crippen LogP contribution in [0.1, 0.15) is 45.8 Å². The first kappa shape index (κ1) is 14.0. The second-order valence-corrected chi connectivity index (χ2v) is 7.24. The minimum Gasteiger partial charge on any atom is -0.468 e. The van der Waals surface area contributed by atoms with Crippen LogP contribution in [0.5, 0.6) is 0 Å². The Hall–Kier alpha value is -0.410. The molecule has 1 fully saturated rings. The van der Waals surface area contributed by atoms with Crippen LogP contribution in [0.25, 0.3) is 0 Å². The molecule has 0 spiro atoms. The molecule has 0 amide bonds. The summed E-state index contributed by atoms with van der Waals surface area (Å²) >= 11 is 1.99. The fourth-order valence-corrected chi connectivity index (χ4v) is 4.34. The molecule has 3 heteroatoms. The highest BCUT2D eigenvalue weighted by Gasteiger charge is 2.42. The fraction of sp³-hybridized carbons (Fsp3) is 0.733. The van der Waals surface area contributed by atoms with Gasteiger partial charge in [0.15, 0.2) is 0 Å². The Labute approximate surface area is 115 Å². The molecule has 0 aromatic carbocycles. The first-order chi connectivity index (χ1) is 8.54. The van der Waals surface area contributed by atoms with E-state index >= 15 is 0 Å². The third-order valence-electron chi connectivity index (χ3n) is 3.99. The van der Waals surface area contributed by atoms with Crippen molar-refractivity contribution in [2.45, 2.75) is 63.1 Å². The van der Waals surface area contributed by atoms with Crippen molar-refractivity contribution in [3.8, 4) is 0 Å². The van der Waals surface area contributed by atoms with E-state index in [2.05, 4.69) is 39.1 Å². The number of furan rings is 1. The zero-order valence-corrected chi connectivity index (χ0v) is 12.8. The number of thioether (sulfide) groups is 1. The first-order valence-corrected chi connectivity index (χ1v) is 7.86. The molecular weight excluding hydrogens is 242 g/mol. The third-order valence-corrected chi connectivity index (χ3v) is 5.48. The van der Waals surface area contributed by atoms with E-state index in [1.807, 2.05) is 11.8 Å². The lowest BCUT2D eigenvalue weighted by atomic mass is 9.87. The van der Waals surface area contributed by atoms with Crippen molar-refractivity contribution >= 4 is 11.8 Å².